The van der Waals surface area contributed by atoms with Crippen LogP contribution in [0.4, 0.5) is 0 Å². The zero-order chi connectivity index (χ0) is 46.3. The molecule has 6 radical (unpaired) electrons. The Labute approximate surface area is 374 Å². The molecule has 2 heterocycles. The van der Waals surface area contributed by atoms with Gasteiger partial charge in [-0.2, -0.15) is 0 Å². The number of carboxylic acid groups (broad SMARTS) is 1. The van der Waals surface area contributed by atoms with Crippen LogP contribution in [-0.2, 0) is 30.5 Å². The maximum Gasteiger partial charge on any atom is 0.325 e. The first-order valence-electron chi connectivity index (χ1n) is 21.0. The minimum atomic E-state index is -1.87. The predicted octanol–water partition coefficient (Wildman–Crippen LogP) is 7.57. The Morgan fingerprint density at radius 1 is 0.839 bits per heavy atom. The van der Waals surface area contributed by atoms with Crippen LogP contribution in [-0.4, -0.2) is 109 Å². The van der Waals surface area contributed by atoms with Crippen molar-refractivity contribution in [2.45, 2.75) is 118 Å². The van der Waals surface area contributed by atoms with E-state index in [1.807, 2.05) is 91.8 Å². The Morgan fingerprint density at radius 2 is 1.40 bits per heavy atom. The highest BCUT2D eigenvalue weighted by Crippen LogP contribution is 2.45. The fraction of sp³-hybridized carbons (Fsp3) is 0.542. The molecule has 4 atom stereocenters. The van der Waals surface area contributed by atoms with Crippen LogP contribution < -0.4 is 14.2 Å². The fourth-order valence-corrected chi connectivity index (χ4v) is 9.08. The molecule has 0 saturated heterocycles. The average molecular weight is 883 g/mol. The van der Waals surface area contributed by atoms with E-state index in [2.05, 4.69) is 20.8 Å². The molecule has 14 heteroatoms. The first kappa shape index (κ1) is 48.5. The van der Waals surface area contributed by atoms with Crippen LogP contribution in [0.2, 0.25) is 0 Å². The molecule has 3 aromatic carbocycles. The summed E-state index contributed by atoms with van der Waals surface area (Å²) in [5.41, 5.74) is 0.628. The molecule has 0 bridgehead atoms. The Morgan fingerprint density at radius 3 is 1.92 bits per heavy atom. The number of carbonyl (C=O) groups is 4. The van der Waals surface area contributed by atoms with Crippen LogP contribution in [0.1, 0.15) is 114 Å². The van der Waals surface area contributed by atoms with E-state index in [0.717, 1.165) is 27.8 Å². The van der Waals surface area contributed by atoms with Gasteiger partial charge >= 0.3 is 17.9 Å². The van der Waals surface area contributed by atoms with Gasteiger partial charge in [0.1, 0.15) is 69.0 Å². The molecule has 0 aromatic heterocycles. The number of Topliss-reactive ketones (excluding diaryl/α,β-unsaturated/α-hetero) is 1. The minimum Gasteiger partial charge on any atom is -0.492 e. The van der Waals surface area contributed by atoms with Crippen molar-refractivity contribution in [3.05, 3.63) is 76.3 Å². The second kappa shape index (κ2) is 17.9. The zero-order valence-corrected chi connectivity index (χ0v) is 40.5. The van der Waals surface area contributed by atoms with Crippen molar-refractivity contribution < 1.29 is 48.0 Å². The molecule has 0 fully saturated rings. The molecule has 0 amide bonds. The number of aryl methyl sites for hydroxylation is 1. The predicted molar refractivity (Wildman–Crippen MR) is 239 cm³/mol. The molecule has 2 aliphatic rings. The number of fused-ring (bicyclic) bond motifs is 2. The van der Waals surface area contributed by atoms with Gasteiger partial charge in [0.2, 0.25) is 11.4 Å². The maximum atomic E-state index is 15.0. The second-order valence-electron chi connectivity index (χ2n) is 20.0. The van der Waals surface area contributed by atoms with Crippen LogP contribution in [0.5, 0.6) is 17.2 Å². The van der Waals surface area contributed by atoms with Gasteiger partial charge in [0.05, 0.1) is 18.1 Å². The van der Waals surface area contributed by atoms with Crippen LogP contribution in [0, 0.1) is 30.6 Å². The Balaban J connectivity index is 1.45. The molecule has 332 valence electrons. The molecule has 3 aromatic rings. The molecule has 62 heavy (non-hydrogen) atoms. The van der Waals surface area contributed by atoms with E-state index in [0.29, 0.717) is 47.8 Å². The van der Waals surface area contributed by atoms with Crippen molar-refractivity contribution in [3.63, 3.8) is 0 Å². The lowest BCUT2D eigenvalue weighted by Crippen LogP contribution is -2.57. The summed E-state index contributed by atoms with van der Waals surface area (Å²) in [5.74, 6) is -1.76. The topological polar surface area (TPSA) is 141 Å². The van der Waals surface area contributed by atoms with Crippen molar-refractivity contribution in [2.24, 2.45) is 16.7 Å². The zero-order valence-electron chi connectivity index (χ0n) is 38.5. The molecule has 0 saturated carbocycles. The van der Waals surface area contributed by atoms with Crippen molar-refractivity contribution >= 4 is 44.5 Å². The number of ether oxygens (including phenoxy) is 5. The van der Waals surface area contributed by atoms with Crippen molar-refractivity contribution in [2.75, 3.05) is 33.9 Å². The number of aliphatic carboxylic acids is 1. The first-order chi connectivity index (χ1) is 28.6. The number of carbonyl (C=O) groups excluding carboxylic acids is 3. The quantitative estimate of drug-likeness (QED) is 0.112. The minimum absolute atomic E-state index is 0.231. The molecular weight excluding hydrogens is 821 g/mol. The van der Waals surface area contributed by atoms with Crippen LogP contribution in [0.15, 0.2) is 48.5 Å². The van der Waals surface area contributed by atoms with Crippen molar-refractivity contribution in [3.8, 4) is 28.4 Å². The van der Waals surface area contributed by atoms with Gasteiger partial charge in [-0.15, -0.1) is 0 Å². The van der Waals surface area contributed by atoms with E-state index >= 15 is 0 Å². The van der Waals surface area contributed by atoms with Gasteiger partial charge in [-0.1, -0.05) is 72.7 Å². The number of nitrogens with zero attached hydrogens (tertiary/aromatic N) is 2. The van der Waals surface area contributed by atoms with E-state index in [-0.39, 0.29) is 23.4 Å². The van der Waals surface area contributed by atoms with Gasteiger partial charge < -0.3 is 37.9 Å². The average Bonchev–Trinajstić information content (AvgIpc) is 3.71. The number of hydrogen-bond acceptors (Lipinski definition) is 11. The largest absolute Gasteiger partial charge is 0.492 e. The number of carboxylic acids is 1. The van der Waals surface area contributed by atoms with Gasteiger partial charge in [0.25, 0.3) is 0 Å². The van der Waals surface area contributed by atoms with Crippen LogP contribution >= 0.6 is 0 Å². The lowest BCUT2D eigenvalue weighted by molar-refractivity contribution is -0.167. The molecular formula is C48H62N2O10Si2. The molecule has 3 unspecified atom stereocenters. The van der Waals surface area contributed by atoms with Crippen molar-refractivity contribution in [1.29, 1.82) is 0 Å². The SMILES string of the molecule is Cc1cc2c(c(C)c1-c1cccc(COc3ccc4c(c3)OC[C@H]4C(C)C(=O)O)c1)C(=O)C(COC(=O)C(C)(CC(C)(C)C)N(C)[Si])(COC(=O)C(C)(CC(C)(C)C)N(C)[Si])O2. The Kier molecular flexibility index (Phi) is 14.0. The maximum absolute atomic E-state index is 15.0. The fourth-order valence-electron chi connectivity index (χ4n) is 8.74. The molecule has 2 aliphatic heterocycles. The monoisotopic (exact) mass is 882 g/mol. The molecule has 0 spiro atoms. The number of esters is 2. The Hall–Kier alpha value is -4.51. The van der Waals surface area contributed by atoms with Gasteiger partial charge in [0, 0.05) is 17.5 Å². The lowest BCUT2D eigenvalue weighted by atomic mass is 9.80. The number of likely N-dealkylation sites (N-methyl/N-ethyl adjacent to an activating group) is 2. The third kappa shape index (κ3) is 10.1. The summed E-state index contributed by atoms with van der Waals surface area (Å²) in [6.07, 6.45) is 0.862. The molecule has 12 nitrogen and oxygen atoms in total. The summed E-state index contributed by atoms with van der Waals surface area (Å²) < 4.78 is 33.9. The molecule has 1 N–H and O–H groups in total. The summed E-state index contributed by atoms with van der Waals surface area (Å²) in [6, 6.07) is 15.1. The van der Waals surface area contributed by atoms with E-state index in [9.17, 15) is 24.3 Å². The number of hydrogen-bond donors (Lipinski definition) is 1. The lowest BCUT2D eigenvalue weighted by Gasteiger charge is -2.40. The van der Waals surface area contributed by atoms with Gasteiger partial charge in [0.15, 0.2) is 0 Å². The number of ketones is 1. The normalized spacial score (nSPS) is 19.8. The van der Waals surface area contributed by atoms with E-state index in [4.69, 9.17) is 23.7 Å². The van der Waals surface area contributed by atoms with Gasteiger partial charge in [-0.3, -0.25) is 19.2 Å². The highest BCUT2D eigenvalue weighted by Gasteiger charge is 2.54. The van der Waals surface area contributed by atoms with E-state index < -0.39 is 59.5 Å². The van der Waals surface area contributed by atoms with E-state index in [1.54, 1.807) is 56.1 Å². The Bertz CT molecular complexity index is 2160. The highest BCUT2D eigenvalue weighted by molar-refractivity contribution is 6.11. The van der Waals surface area contributed by atoms with Crippen LogP contribution in [0.3, 0.4) is 0 Å². The standard InChI is InChI=1S/C48H62N2O10Si2/c1-28-19-37-39(30(3)38(28)32-16-14-15-31(20-32)22-56-33-17-18-34-35(29(2)41(52)53)23-57-36(34)21-33)40(51)48(60-37,26-58-42(54)46(10,49(12)61)24-44(4,5)6)27-59-43(55)47(11,50(13)62)25-45(7,8)9/h14-21,29,35H,22-27H2,1-13H3,(H,52,53)/t29?,35-,46?,47?,48?/m0/s1. The highest BCUT2D eigenvalue weighted by atomic mass is 28.2. The molecule has 0 aliphatic carbocycles. The van der Waals surface area contributed by atoms with E-state index in [1.165, 1.54) is 0 Å². The van der Waals surface area contributed by atoms with Gasteiger partial charge in [-0.05, 0) is 111 Å². The smallest absolute Gasteiger partial charge is 0.325 e. The first-order valence-corrected chi connectivity index (χ1v) is 21.9. The van der Waals surface area contributed by atoms with Gasteiger partial charge in [-0.25, -0.2) is 0 Å². The third-order valence-corrected chi connectivity index (χ3v) is 13.1. The summed E-state index contributed by atoms with van der Waals surface area (Å²) in [7, 11) is 10.6. The second-order valence-corrected chi connectivity index (χ2v) is 21.4. The van der Waals surface area contributed by atoms with Crippen LogP contribution in [0.25, 0.3) is 11.1 Å². The summed E-state index contributed by atoms with van der Waals surface area (Å²) >= 11 is 0. The number of benzene rings is 3. The molecule has 5 rings (SSSR count). The number of rotatable bonds is 16. The summed E-state index contributed by atoms with van der Waals surface area (Å²) in [5, 5.41) is 9.53. The van der Waals surface area contributed by atoms with Crippen molar-refractivity contribution in [1.82, 2.24) is 9.13 Å². The summed E-state index contributed by atoms with van der Waals surface area (Å²) in [4.78, 5) is 54.7. The third-order valence-electron chi connectivity index (χ3n) is 12.1. The summed E-state index contributed by atoms with van der Waals surface area (Å²) in [6.45, 7) is 20.7.